The lowest BCUT2D eigenvalue weighted by Crippen LogP contribution is -2.09. The van der Waals surface area contributed by atoms with Crippen molar-refractivity contribution in [2.45, 2.75) is 26.4 Å². The average molecular weight is 124 g/mol. The molecule has 8 heavy (non-hydrogen) atoms. The van der Waals surface area contributed by atoms with Gasteiger partial charge in [0.1, 0.15) is 6.17 Å². The highest BCUT2D eigenvalue weighted by Crippen LogP contribution is 1.95. The van der Waals surface area contributed by atoms with Crippen molar-refractivity contribution in [1.29, 1.82) is 0 Å². The van der Waals surface area contributed by atoms with Gasteiger partial charge >= 0.3 is 0 Å². The quantitative estimate of drug-likeness (QED) is 0.556. The van der Waals surface area contributed by atoms with E-state index < -0.39 is 12.5 Å². The van der Waals surface area contributed by atoms with E-state index in [4.69, 9.17) is 0 Å². The minimum atomic E-state index is -1.35. The normalized spacial score (nSPS) is 18.0. The summed E-state index contributed by atoms with van der Waals surface area (Å²) < 4.78 is 27.7. The van der Waals surface area contributed by atoms with Crippen LogP contribution in [0.2, 0.25) is 0 Å². The first-order chi connectivity index (χ1) is 3.63. The summed E-state index contributed by atoms with van der Waals surface area (Å²) in [5.74, 6) is 0. The van der Waals surface area contributed by atoms with Gasteiger partial charge < -0.3 is 4.74 Å². The van der Waals surface area contributed by atoms with Crippen LogP contribution in [0.4, 0.5) is 8.78 Å². The molecule has 0 amide bonds. The number of ether oxygens (including phenoxy) is 1. The fourth-order valence-electron chi connectivity index (χ4n) is 0.265. The molecule has 0 aliphatic heterocycles. The Morgan fingerprint density at radius 1 is 1.38 bits per heavy atom. The van der Waals surface area contributed by atoms with Gasteiger partial charge in [-0.1, -0.05) is 0 Å². The molecule has 50 valence electrons. The monoisotopic (exact) mass is 124 g/mol. The summed E-state index contributed by atoms with van der Waals surface area (Å²) in [5, 5.41) is 0. The standard InChI is InChI=1S/C5H10F2O/c1-4(6)3-8-5(2)7/h4-5H,3H2,1-2H3. The second kappa shape index (κ2) is 3.78. The Labute approximate surface area is 47.6 Å². The van der Waals surface area contributed by atoms with Crippen molar-refractivity contribution in [1.82, 2.24) is 0 Å². The SMILES string of the molecule is CC(F)COC(C)F. The molecule has 0 heterocycles. The van der Waals surface area contributed by atoms with Crippen molar-refractivity contribution in [3.63, 3.8) is 0 Å². The molecule has 0 aliphatic carbocycles. The summed E-state index contributed by atoms with van der Waals surface area (Å²) in [6, 6.07) is 0. The summed E-state index contributed by atoms with van der Waals surface area (Å²) in [4.78, 5) is 0. The van der Waals surface area contributed by atoms with E-state index in [9.17, 15) is 8.78 Å². The number of hydrogen-bond acceptors (Lipinski definition) is 1. The first kappa shape index (κ1) is 7.82. The predicted octanol–water partition coefficient (Wildman–Crippen LogP) is 1.68. The fourth-order valence-corrected chi connectivity index (χ4v) is 0.265. The summed E-state index contributed by atoms with van der Waals surface area (Å²) in [6.45, 7) is 2.39. The number of hydrogen-bond donors (Lipinski definition) is 0. The van der Waals surface area contributed by atoms with E-state index in [1.54, 1.807) is 0 Å². The van der Waals surface area contributed by atoms with Gasteiger partial charge in [0.2, 0.25) is 0 Å². The lowest BCUT2D eigenvalue weighted by Gasteiger charge is -2.03. The van der Waals surface area contributed by atoms with Crippen LogP contribution in [-0.4, -0.2) is 19.1 Å². The maximum absolute atomic E-state index is 11.8. The van der Waals surface area contributed by atoms with Crippen LogP contribution in [0.5, 0.6) is 0 Å². The van der Waals surface area contributed by atoms with Crippen LogP contribution >= 0.6 is 0 Å². The number of rotatable bonds is 3. The summed E-state index contributed by atoms with van der Waals surface area (Å²) in [6.07, 6.45) is -2.43. The summed E-state index contributed by atoms with van der Waals surface area (Å²) in [5.41, 5.74) is 0. The van der Waals surface area contributed by atoms with Crippen LogP contribution < -0.4 is 0 Å². The molecule has 0 saturated carbocycles. The van der Waals surface area contributed by atoms with Crippen molar-refractivity contribution in [3.8, 4) is 0 Å². The van der Waals surface area contributed by atoms with E-state index in [1.165, 1.54) is 13.8 Å². The lowest BCUT2D eigenvalue weighted by molar-refractivity contribution is -0.0428. The zero-order chi connectivity index (χ0) is 6.57. The molecule has 2 atom stereocenters. The molecule has 0 fully saturated rings. The average Bonchev–Trinajstić information content (AvgIpc) is 1.61. The van der Waals surface area contributed by atoms with E-state index in [0.29, 0.717) is 0 Å². The van der Waals surface area contributed by atoms with Crippen LogP contribution in [-0.2, 0) is 4.74 Å². The molecular formula is C5H10F2O. The molecule has 0 rings (SSSR count). The zero-order valence-corrected chi connectivity index (χ0v) is 5.03. The zero-order valence-electron chi connectivity index (χ0n) is 5.03. The minimum absolute atomic E-state index is 0.155. The first-order valence-corrected chi connectivity index (χ1v) is 2.52. The minimum Gasteiger partial charge on any atom is -0.345 e. The highest BCUT2D eigenvalue weighted by molar-refractivity contribution is 4.41. The fraction of sp³-hybridized carbons (Fsp3) is 1.00. The second-order valence-electron chi connectivity index (χ2n) is 1.66. The smallest absolute Gasteiger partial charge is 0.196 e. The molecule has 0 spiro atoms. The summed E-state index contributed by atoms with van der Waals surface area (Å²) in [7, 11) is 0. The Bertz CT molecular complexity index is 46.4. The molecule has 1 nitrogen and oxygen atoms in total. The summed E-state index contributed by atoms with van der Waals surface area (Å²) >= 11 is 0. The molecular weight excluding hydrogens is 114 g/mol. The highest BCUT2D eigenvalue weighted by atomic mass is 19.1. The molecule has 0 aromatic carbocycles. The van der Waals surface area contributed by atoms with Gasteiger partial charge in [-0.05, 0) is 13.8 Å². The Morgan fingerprint density at radius 3 is 2.00 bits per heavy atom. The predicted molar refractivity (Wildman–Crippen MR) is 27.1 cm³/mol. The Kier molecular flexibility index (Phi) is 3.69. The van der Waals surface area contributed by atoms with Crippen molar-refractivity contribution in [3.05, 3.63) is 0 Å². The van der Waals surface area contributed by atoms with Gasteiger partial charge in [-0.2, -0.15) is 0 Å². The molecule has 0 aromatic rings. The van der Waals surface area contributed by atoms with Crippen LogP contribution in [0.3, 0.4) is 0 Å². The van der Waals surface area contributed by atoms with E-state index in [-0.39, 0.29) is 6.61 Å². The molecule has 3 heteroatoms. The molecule has 0 aliphatic rings. The Morgan fingerprint density at radius 2 is 1.88 bits per heavy atom. The first-order valence-electron chi connectivity index (χ1n) is 2.52. The Hall–Kier alpha value is -0.180. The third-order valence-corrected chi connectivity index (χ3v) is 0.556. The van der Waals surface area contributed by atoms with E-state index in [2.05, 4.69) is 4.74 Å². The highest BCUT2D eigenvalue weighted by Gasteiger charge is 2.00. The van der Waals surface area contributed by atoms with Gasteiger partial charge in [0.15, 0.2) is 6.36 Å². The van der Waals surface area contributed by atoms with Gasteiger partial charge in [0, 0.05) is 0 Å². The lowest BCUT2D eigenvalue weighted by atomic mass is 10.5. The third-order valence-electron chi connectivity index (χ3n) is 0.556. The van der Waals surface area contributed by atoms with Crippen LogP contribution in [0.25, 0.3) is 0 Å². The van der Waals surface area contributed by atoms with Crippen molar-refractivity contribution >= 4 is 0 Å². The molecule has 0 radical (unpaired) electrons. The van der Waals surface area contributed by atoms with Crippen LogP contribution in [0, 0.1) is 0 Å². The third kappa shape index (κ3) is 5.82. The molecule has 0 bridgehead atoms. The molecule has 0 N–H and O–H groups in total. The van der Waals surface area contributed by atoms with Crippen molar-refractivity contribution in [2.24, 2.45) is 0 Å². The molecule has 0 saturated heterocycles. The van der Waals surface area contributed by atoms with Gasteiger partial charge in [0.25, 0.3) is 0 Å². The van der Waals surface area contributed by atoms with Gasteiger partial charge in [-0.25, -0.2) is 8.78 Å². The van der Waals surface area contributed by atoms with Crippen LogP contribution in [0.1, 0.15) is 13.8 Å². The van der Waals surface area contributed by atoms with Crippen molar-refractivity contribution in [2.75, 3.05) is 6.61 Å². The largest absolute Gasteiger partial charge is 0.345 e. The maximum Gasteiger partial charge on any atom is 0.196 e. The van der Waals surface area contributed by atoms with E-state index >= 15 is 0 Å². The molecule has 0 aromatic heterocycles. The van der Waals surface area contributed by atoms with E-state index in [1.807, 2.05) is 0 Å². The number of halogens is 2. The van der Waals surface area contributed by atoms with Gasteiger partial charge in [-0.3, -0.25) is 0 Å². The number of alkyl halides is 2. The molecule has 2 unspecified atom stereocenters. The topological polar surface area (TPSA) is 9.23 Å². The van der Waals surface area contributed by atoms with Gasteiger partial charge in [-0.15, -0.1) is 0 Å². The Balaban J connectivity index is 2.93. The van der Waals surface area contributed by atoms with Crippen LogP contribution in [0.15, 0.2) is 0 Å². The van der Waals surface area contributed by atoms with E-state index in [0.717, 1.165) is 0 Å². The van der Waals surface area contributed by atoms with Gasteiger partial charge in [0.05, 0.1) is 6.61 Å². The second-order valence-corrected chi connectivity index (χ2v) is 1.66. The van der Waals surface area contributed by atoms with Crippen molar-refractivity contribution < 1.29 is 13.5 Å². The maximum atomic E-state index is 11.8.